The predicted octanol–water partition coefficient (Wildman–Crippen LogP) is 4.78. The maximum Gasteiger partial charge on any atom is 0.338 e. The van der Waals surface area contributed by atoms with Gasteiger partial charge in [0.15, 0.2) is 0 Å². The number of aromatic carboxylic acids is 1. The molecule has 152 valence electrons. The molecule has 0 saturated carbocycles. The quantitative estimate of drug-likeness (QED) is 0.444. The van der Waals surface area contributed by atoms with E-state index in [1.807, 2.05) is 13.8 Å². The molecule has 0 aliphatic rings. The van der Waals surface area contributed by atoms with E-state index in [0.717, 1.165) is 25.7 Å². The Bertz CT molecular complexity index is 752. The van der Waals surface area contributed by atoms with Gasteiger partial charge in [0, 0.05) is 0 Å². The summed E-state index contributed by atoms with van der Waals surface area (Å²) in [5, 5.41) is 27.1. The van der Waals surface area contributed by atoms with Crippen molar-refractivity contribution < 1.29 is 29.6 Å². The van der Waals surface area contributed by atoms with Gasteiger partial charge < -0.3 is 20.1 Å². The number of unbranched alkanes of at least 4 members (excludes halogenated alkanes) is 2. The Kier molecular flexibility index (Phi) is 10.2. The van der Waals surface area contributed by atoms with Crippen LogP contribution in [0.15, 0.2) is 42.5 Å². The summed E-state index contributed by atoms with van der Waals surface area (Å²) < 4.78 is 4.99. The van der Waals surface area contributed by atoms with Crippen molar-refractivity contribution in [2.75, 3.05) is 6.61 Å². The van der Waals surface area contributed by atoms with Crippen molar-refractivity contribution in [3.63, 3.8) is 0 Å². The molecule has 0 heterocycles. The van der Waals surface area contributed by atoms with Crippen molar-refractivity contribution in [1.29, 1.82) is 0 Å². The first kappa shape index (κ1) is 23.0. The molecule has 0 atom stereocenters. The van der Waals surface area contributed by atoms with Gasteiger partial charge in [0.2, 0.25) is 0 Å². The molecule has 0 amide bonds. The smallest absolute Gasteiger partial charge is 0.338 e. The van der Waals surface area contributed by atoms with Crippen molar-refractivity contribution in [3.8, 4) is 11.5 Å². The number of hydrogen-bond acceptors (Lipinski definition) is 5. The molecule has 0 bridgehead atoms. The number of carboxylic acids is 1. The van der Waals surface area contributed by atoms with Crippen molar-refractivity contribution in [1.82, 2.24) is 0 Å². The van der Waals surface area contributed by atoms with Gasteiger partial charge in [0.05, 0.1) is 17.7 Å². The van der Waals surface area contributed by atoms with Crippen LogP contribution in [0.25, 0.3) is 0 Å². The van der Waals surface area contributed by atoms with Gasteiger partial charge in [-0.05, 0) is 67.3 Å². The number of esters is 1. The Hall–Kier alpha value is -3.02. The first-order valence-electron chi connectivity index (χ1n) is 9.40. The van der Waals surface area contributed by atoms with E-state index in [4.69, 9.17) is 14.9 Å². The zero-order chi connectivity index (χ0) is 20.9. The fourth-order valence-electron chi connectivity index (χ4n) is 2.35. The maximum absolute atomic E-state index is 11.3. The Morgan fingerprint density at radius 2 is 1.50 bits per heavy atom. The summed E-state index contributed by atoms with van der Waals surface area (Å²) in [6.07, 6.45) is 4.53. The van der Waals surface area contributed by atoms with Gasteiger partial charge in [0.25, 0.3) is 0 Å². The Balaban J connectivity index is 0.000000280. The highest BCUT2D eigenvalue weighted by Gasteiger charge is 2.09. The van der Waals surface area contributed by atoms with Crippen molar-refractivity contribution in [2.45, 2.75) is 46.0 Å². The third kappa shape index (κ3) is 8.12. The minimum atomic E-state index is -0.934. The number of phenolic OH excluding ortho intramolecular Hbond substituents is 2. The minimum Gasteiger partial charge on any atom is -0.508 e. The van der Waals surface area contributed by atoms with Crippen LogP contribution in [-0.4, -0.2) is 33.9 Å². The number of benzene rings is 2. The van der Waals surface area contributed by atoms with Crippen molar-refractivity contribution in [2.24, 2.45) is 0 Å². The Morgan fingerprint density at radius 1 is 0.893 bits per heavy atom. The summed E-state index contributed by atoms with van der Waals surface area (Å²) in [5.41, 5.74) is 1.47. The van der Waals surface area contributed by atoms with Gasteiger partial charge in [-0.1, -0.05) is 26.7 Å². The number of aryl methyl sites for hydroxylation is 1. The molecule has 3 N–H and O–H groups in total. The van der Waals surface area contributed by atoms with Gasteiger partial charge >= 0.3 is 11.9 Å². The number of rotatable bonds is 8. The van der Waals surface area contributed by atoms with Crippen LogP contribution in [0.2, 0.25) is 0 Å². The Morgan fingerprint density at radius 3 is 2.07 bits per heavy atom. The largest absolute Gasteiger partial charge is 0.508 e. The molecule has 0 aliphatic heterocycles. The molecule has 0 saturated heterocycles. The van der Waals surface area contributed by atoms with E-state index in [1.54, 1.807) is 12.1 Å². The standard InChI is InChI=1S/2C11H14O3/c1-2-3-8-14-11(13)9-4-6-10(12)7-5-9;1-2-3-4-8-7-9(12)5-6-10(8)11(13)14/h4-7,12H,2-3,8H2,1H3;5-7,12H,2-4H2,1H3,(H,13,14). The molecule has 0 radical (unpaired) electrons. The number of aromatic hydroxyl groups is 2. The molecular formula is C22H28O6. The van der Waals surface area contributed by atoms with Gasteiger partial charge in [-0.3, -0.25) is 0 Å². The van der Waals surface area contributed by atoms with Crippen LogP contribution in [0.4, 0.5) is 0 Å². The fourth-order valence-corrected chi connectivity index (χ4v) is 2.35. The van der Waals surface area contributed by atoms with Crippen LogP contribution in [0.3, 0.4) is 0 Å². The number of carboxylic acid groups (broad SMARTS) is 1. The van der Waals surface area contributed by atoms with E-state index in [1.165, 1.54) is 30.3 Å². The normalized spacial score (nSPS) is 9.93. The topological polar surface area (TPSA) is 104 Å². The number of phenols is 2. The van der Waals surface area contributed by atoms with E-state index in [2.05, 4.69) is 0 Å². The first-order chi connectivity index (χ1) is 13.4. The van der Waals surface area contributed by atoms with Crippen LogP contribution < -0.4 is 0 Å². The lowest BCUT2D eigenvalue weighted by atomic mass is 10.0. The zero-order valence-electron chi connectivity index (χ0n) is 16.4. The molecule has 2 aromatic carbocycles. The number of hydrogen-bond donors (Lipinski definition) is 3. The number of carbonyl (C=O) groups is 2. The molecule has 6 nitrogen and oxygen atoms in total. The van der Waals surface area contributed by atoms with Crippen LogP contribution in [0.1, 0.15) is 65.8 Å². The number of carbonyl (C=O) groups excluding carboxylic acids is 1. The van der Waals surface area contributed by atoms with Crippen LogP contribution in [-0.2, 0) is 11.2 Å². The highest BCUT2D eigenvalue weighted by Crippen LogP contribution is 2.18. The molecule has 0 fully saturated rings. The summed E-state index contributed by atoms with van der Waals surface area (Å²) in [5.74, 6) is -0.995. The second kappa shape index (κ2) is 12.4. The van der Waals surface area contributed by atoms with Crippen LogP contribution in [0, 0.1) is 0 Å². The highest BCUT2D eigenvalue weighted by atomic mass is 16.5. The van der Waals surface area contributed by atoms with Gasteiger partial charge in [-0.25, -0.2) is 9.59 Å². The van der Waals surface area contributed by atoms with Crippen LogP contribution >= 0.6 is 0 Å². The van der Waals surface area contributed by atoms with E-state index in [-0.39, 0.29) is 23.0 Å². The SMILES string of the molecule is CCCCOC(=O)c1ccc(O)cc1.CCCCc1cc(O)ccc1C(=O)O. The van der Waals surface area contributed by atoms with Gasteiger partial charge in [-0.2, -0.15) is 0 Å². The summed E-state index contributed by atoms with van der Waals surface area (Å²) in [6.45, 7) is 4.54. The molecule has 6 heteroatoms. The lowest BCUT2D eigenvalue weighted by Crippen LogP contribution is -2.05. The average Bonchev–Trinajstić information content (AvgIpc) is 2.67. The van der Waals surface area contributed by atoms with Crippen molar-refractivity contribution in [3.05, 3.63) is 59.2 Å². The minimum absolute atomic E-state index is 0.126. The van der Waals surface area contributed by atoms with Gasteiger partial charge in [-0.15, -0.1) is 0 Å². The van der Waals surface area contributed by atoms with E-state index < -0.39 is 5.97 Å². The third-order valence-electron chi connectivity index (χ3n) is 3.95. The first-order valence-corrected chi connectivity index (χ1v) is 9.40. The molecule has 0 aromatic heterocycles. The second-order valence-corrected chi connectivity index (χ2v) is 6.29. The second-order valence-electron chi connectivity index (χ2n) is 6.29. The summed E-state index contributed by atoms with van der Waals surface area (Å²) in [4.78, 5) is 22.1. The molecular weight excluding hydrogens is 360 g/mol. The Labute approximate surface area is 165 Å². The molecule has 0 spiro atoms. The third-order valence-corrected chi connectivity index (χ3v) is 3.95. The summed E-state index contributed by atoms with van der Waals surface area (Å²) in [7, 11) is 0. The van der Waals surface area contributed by atoms with Crippen LogP contribution in [0.5, 0.6) is 11.5 Å². The van der Waals surface area contributed by atoms with Crippen molar-refractivity contribution >= 4 is 11.9 Å². The zero-order valence-corrected chi connectivity index (χ0v) is 16.4. The van der Waals surface area contributed by atoms with E-state index in [9.17, 15) is 14.7 Å². The predicted molar refractivity (Wildman–Crippen MR) is 107 cm³/mol. The maximum atomic E-state index is 11.3. The lowest BCUT2D eigenvalue weighted by molar-refractivity contribution is 0.0499. The average molecular weight is 388 g/mol. The molecule has 28 heavy (non-hydrogen) atoms. The van der Waals surface area contributed by atoms with Gasteiger partial charge in [0.1, 0.15) is 11.5 Å². The van der Waals surface area contributed by atoms with E-state index in [0.29, 0.717) is 24.2 Å². The number of ether oxygens (including phenoxy) is 1. The molecule has 2 rings (SSSR count). The lowest BCUT2D eigenvalue weighted by Gasteiger charge is -2.05. The monoisotopic (exact) mass is 388 g/mol. The fraction of sp³-hybridized carbons (Fsp3) is 0.364. The molecule has 0 aliphatic carbocycles. The summed E-state index contributed by atoms with van der Waals surface area (Å²) >= 11 is 0. The van der Waals surface area contributed by atoms with E-state index >= 15 is 0 Å². The molecule has 2 aromatic rings. The summed E-state index contributed by atoms with van der Waals surface area (Å²) in [6, 6.07) is 10.4. The molecule has 0 unspecified atom stereocenters. The highest BCUT2D eigenvalue weighted by molar-refractivity contribution is 5.90.